The predicted molar refractivity (Wildman–Crippen MR) is 116 cm³/mol. The molecule has 6 heterocycles. The van der Waals surface area contributed by atoms with Crippen molar-refractivity contribution in [2.45, 2.75) is 26.3 Å². The first-order chi connectivity index (χ1) is 16.0. The van der Waals surface area contributed by atoms with Gasteiger partial charge < -0.3 is 14.3 Å². The van der Waals surface area contributed by atoms with Gasteiger partial charge in [-0.15, -0.1) is 10.2 Å². The zero-order chi connectivity index (χ0) is 22.7. The van der Waals surface area contributed by atoms with Gasteiger partial charge in [-0.3, -0.25) is 9.48 Å². The zero-order valence-corrected chi connectivity index (χ0v) is 18.3. The lowest BCUT2D eigenvalue weighted by molar-refractivity contribution is 0.0646. The summed E-state index contributed by atoms with van der Waals surface area (Å²) in [6, 6.07) is 5.51. The van der Waals surface area contributed by atoms with E-state index >= 15 is 0 Å². The summed E-state index contributed by atoms with van der Waals surface area (Å²) < 4.78 is 9.28. The smallest absolute Gasteiger partial charge is 0.312 e. The molecule has 5 aromatic heterocycles. The van der Waals surface area contributed by atoms with Crippen LogP contribution in [0.1, 0.15) is 45.1 Å². The van der Waals surface area contributed by atoms with Crippen molar-refractivity contribution in [1.29, 1.82) is 0 Å². The van der Waals surface area contributed by atoms with E-state index in [1.54, 1.807) is 22.1 Å². The molecule has 0 aromatic carbocycles. The van der Waals surface area contributed by atoms with Gasteiger partial charge in [-0.1, -0.05) is 6.07 Å². The molecule has 5 aromatic rings. The third kappa shape index (κ3) is 3.04. The lowest BCUT2D eigenvalue weighted by atomic mass is 9.99. The van der Waals surface area contributed by atoms with Crippen LogP contribution in [-0.2, 0) is 13.5 Å². The summed E-state index contributed by atoms with van der Waals surface area (Å²) >= 11 is 0. The van der Waals surface area contributed by atoms with Gasteiger partial charge in [0.2, 0.25) is 0 Å². The standard InChI is InChI=1S/C22H21N9O2/c1-12-5-4-7-31-17(12)9-16(28-31)19-18-15(23-11-24-18)6-8-30(19)22(32)21-26-25-20(33-21)14-10-29(3)27-13(14)2/h4-5,7,9-11,19H,6,8H2,1-3H3,(H,23,24). The van der Waals surface area contributed by atoms with E-state index in [-0.39, 0.29) is 17.7 Å². The Morgan fingerprint density at radius 2 is 2.12 bits per heavy atom. The van der Waals surface area contributed by atoms with E-state index in [0.717, 1.165) is 33.9 Å². The van der Waals surface area contributed by atoms with Gasteiger partial charge in [-0.2, -0.15) is 10.2 Å². The molecule has 1 aliphatic heterocycles. The second kappa shape index (κ2) is 7.12. The van der Waals surface area contributed by atoms with E-state index in [2.05, 4.69) is 25.3 Å². The molecule has 11 heteroatoms. The fourth-order valence-corrected chi connectivity index (χ4v) is 4.46. The maximum absolute atomic E-state index is 13.6. The van der Waals surface area contributed by atoms with Crippen LogP contribution in [-0.4, -0.2) is 56.9 Å². The van der Waals surface area contributed by atoms with E-state index in [4.69, 9.17) is 9.52 Å². The number of amides is 1. The molecule has 1 atom stereocenters. The van der Waals surface area contributed by atoms with Crippen LogP contribution in [0.3, 0.4) is 0 Å². The molecule has 1 unspecified atom stereocenters. The molecule has 0 aliphatic carbocycles. The van der Waals surface area contributed by atoms with Gasteiger partial charge in [-0.25, -0.2) is 9.50 Å². The Balaban J connectivity index is 1.41. The van der Waals surface area contributed by atoms with Gasteiger partial charge in [-0.05, 0) is 31.5 Å². The Morgan fingerprint density at radius 1 is 1.24 bits per heavy atom. The van der Waals surface area contributed by atoms with E-state index < -0.39 is 6.04 Å². The van der Waals surface area contributed by atoms with Gasteiger partial charge in [0.05, 0.1) is 34.5 Å². The Morgan fingerprint density at radius 3 is 2.91 bits per heavy atom. The number of carbonyl (C=O) groups is 1. The van der Waals surface area contributed by atoms with Crippen LogP contribution in [0, 0.1) is 13.8 Å². The summed E-state index contributed by atoms with van der Waals surface area (Å²) in [5.41, 5.74) is 6.03. The molecule has 166 valence electrons. The van der Waals surface area contributed by atoms with Crippen LogP contribution >= 0.6 is 0 Å². The first kappa shape index (κ1) is 19.4. The quantitative estimate of drug-likeness (QED) is 0.454. The molecular weight excluding hydrogens is 422 g/mol. The number of nitrogens with one attached hydrogen (secondary N) is 1. The summed E-state index contributed by atoms with van der Waals surface area (Å²) in [5, 5.41) is 17.2. The SMILES string of the molecule is Cc1nn(C)cc1-c1nnc(C(=O)N2CCc3[nH]cnc3C2c2cc3c(C)cccn3n2)o1. The number of aromatic nitrogens is 8. The second-order valence-corrected chi connectivity index (χ2v) is 8.22. The molecular formula is C22H21N9O2. The maximum Gasteiger partial charge on any atom is 0.312 e. The minimum absolute atomic E-state index is 0.0721. The third-order valence-corrected chi connectivity index (χ3v) is 6.05. The zero-order valence-electron chi connectivity index (χ0n) is 18.3. The summed E-state index contributed by atoms with van der Waals surface area (Å²) in [5.74, 6) is -0.166. The van der Waals surface area contributed by atoms with Crippen molar-refractivity contribution in [2.75, 3.05) is 6.54 Å². The molecule has 1 N–H and O–H groups in total. The molecule has 1 amide bonds. The highest BCUT2D eigenvalue weighted by Gasteiger charge is 2.38. The number of carbonyl (C=O) groups excluding carboxylic acids is 1. The largest absolute Gasteiger partial charge is 0.412 e. The minimum Gasteiger partial charge on any atom is -0.412 e. The highest BCUT2D eigenvalue weighted by Crippen LogP contribution is 2.34. The Hall–Kier alpha value is -4.28. The van der Waals surface area contributed by atoms with Crippen molar-refractivity contribution in [3.8, 4) is 11.5 Å². The van der Waals surface area contributed by atoms with E-state index in [0.29, 0.717) is 18.5 Å². The average molecular weight is 443 g/mol. The van der Waals surface area contributed by atoms with Crippen molar-refractivity contribution < 1.29 is 9.21 Å². The van der Waals surface area contributed by atoms with Crippen LogP contribution in [0.25, 0.3) is 17.0 Å². The number of imidazole rings is 1. The number of pyridine rings is 1. The van der Waals surface area contributed by atoms with Gasteiger partial charge in [0.1, 0.15) is 6.04 Å². The highest BCUT2D eigenvalue weighted by atomic mass is 16.4. The molecule has 0 radical (unpaired) electrons. The van der Waals surface area contributed by atoms with Crippen molar-refractivity contribution in [1.82, 2.24) is 44.5 Å². The molecule has 33 heavy (non-hydrogen) atoms. The Bertz CT molecular complexity index is 1510. The molecule has 0 bridgehead atoms. The highest BCUT2D eigenvalue weighted by molar-refractivity contribution is 5.90. The number of aryl methyl sites for hydroxylation is 3. The summed E-state index contributed by atoms with van der Waals surface area (Å²) in [4.78, 5) is 23.0. The molecule has 6 rings (SSSR count). The van der Waals surface area contributed by atoms with Gasteiger partial charge in [0.15, 0.2) is 0 Å². The Labute approximate surface area is 188 Å². The topological polar surface area (TPSA) is 123 Å². The van der Waals surface area contributed by atoms with Crippen molar-refractivity contribution in [3.63, 3.8) is 0 Å². The van der Waals surface area contributed by atoms with E-state index in [1.165, 1.54) is 0 Å². The van der Waals surface area contributed by atoms with E-state index in [9.17, 15) is 4.79 Å². The van der Waals surface area contributed by atoms with Crippen LogP contribution in [0.2, 0.25) is 0 Å². The average Bonchev–Trinajstić information content (AvgIpc) is 3.58. The molecule has 1 aliphatic rings. The molecule has 0 spiro atoms. The normalized spacial score (nSPS) is 15.8. The maximum atomic E-state index is 13.6. The van der Waals surface area contributed by atoms with Crippen molar-refractivity contribution >= 4 is 11.4 Å². The number of aromatic amines is 1. The van der Waals surface area contributed by atoms with Crippen LogP contribution < -0.4 is 0 Å². The molecule has 0 saturated heterocycles. The molecule has 11 nitrogen and oxygen atoms in total. The van der Waals surface area contributed by atoms with Gasteiger partial charge in [0, 0.05) is 38.1 Å². The lowest BCUT2D eigenvalue weighted by Crippen LogP contribution is -2.41. The second-order valence-electron chi connectivity index (χ2n) is 8.22. The number of nitrogens with zero attached hydrogens (tertiary/aromatic N) is 8. The van der Waals surface area contributed by atoms with E-state index in [1.807, 2.05) is 49.8 Å². The monoisotopic (exact) mass is 443 g/mol. The first-order valence-electron chi connectivity index (χ1n) is 10.6. The fourth-order valence-electron chi connectivity index (χ4n) is 4.46. The molecule has 0 fully saturated rings. The third-order valence-electron chi connectivity index (χ3n) is 6.05. The van der Waals surface area contributed by atoms with Crippen molar-refractivity contribution in [2.24, 2.45) is 7.05 Å². The number of rotatable bonds is 3. The number of H-pyrrole nitrogens is 1. The fraction of sp³-hybridized carbons (Fsp3) is 0.273. The predicted octanol–water partition coefficient (Wildman–Crippen LogP) is 2.25. The van der Waals surface area contributed by atoms with Crippen molar-refractivity contribution in [3.05, 3.63) is 71.1 Å². The van der Waals surface area contributed by atoms with Gasteiger partial charge >= 0.3 is 11.8 Å². The van der Waals surface area contributed by atoms with Crippen LogP contribution in [0.4, 0.5) is 0 Å². The minimum atomic E-state index is -0.470. The van der Waals surface area contributed by atoms with Gasteiger partial charge in [0.25, 0.3) is 5.89 Å². The lowest BCUT2D eigenvalue weighted by Gasteiger charge is -2.32. The molecule has 0 saturated carbocycles. The number of fused-ring (bicyclic) bond motifs is 2. The number of hydrogen-bond acceptors (Lipinski definition) is 7. The summed E-state index contributed by atoms with van der Waals surface area (Å²) in [6.45, 7) is 4.35. The number of hydrogen-bond donors (Lipinski definition) is 1. The summed E-state index contributed by atoms with van der Waals surface area (Å²) in [7, 11) is 1.81. The Kier molecular flexibility index (Phi) is 4.19. The van der Waals surface area contributed by atoms with Crippen LogP contribution in [0.15, 0.2) is 41.3 Å². The first-order valence-corrected chi connectivity index (χ1v) is 10.6. The van der Waals surface area contributed by atoms with Crippen LogP contribution in [0.5, 0.6) is 0 Å². The summed E-state index contributed by atoms with van der Waals surface area (Å²) in [6.07, 6.45) is 5.98.